The number of hydrogen-bond acceptors (Lipinski definition) is 3. The van der Waals surface area contributed by atoms with Crippen molar-refractivity contribution in [3.63, 3.8) is 0 Å². The molecule has 0 fully saturated rings. The number of nitrogens with one attached hydrogen (secondary N) is 1. The van der Waals surface area contributed by atoms with Crippen LogP contribution in [0.5, 0.6) is 0 Å². The maximum Gasteiger partial charge on any atom is 0.106 e. The Bertz CT molecular complexity index is 549. The van der Waals surface area contributed by atoms with Crippen LogP contribution in [0.2, 0.25) is 0 Å². The largest absolute Gasteiger partial charge is 0.389 e. The summed E-state index contributed by atoms with van der Waals surface area (Å²) < 4.78 is 0. The Morgan fingerprint density at radius 3 is 2.67 bits per heavy atom. The number of aryl methyl sites for hydroxylation is 1. The van der Waals surface area contributed by atoms with E-state index in [2.05, 4.69) is 41.5 Å². The predicted molar refractivity (Wildman–Crippen MR) is 78.6 cm³/mol. The molecule has 18 heavy (non-hydrogen) atoms. The molecular formula is C14H15N3S. The number of rotatable bonds is 4. The number of nitrogens with zero attached hydrogens (tertiary/aromatic N) is 1. The zero-order valence-corrected chi connectivity index (χ0v) is 11.0. The normalized spacial score (nSPS) is 10.1. The molecule has 3 nitrogen and oxygen atoms in total. The van der Waals surface area contributed by atoms with Gasteiger partial charge in [0.1, 0.15) is 4.99 Å². The third kappa shape index (κ3) is 3.05. The molecule has 0 spiro atoms. The number of hydrogen-bond donors (Lipinski definition) is 2. The van der Waals surface area contributed by atoms with Gasteiger partial charge in [0, 0.05) is 18.3 Å². The van der Waals surface area contributed by atoms with Crippen molar-refractivity contribution in [3.05, 3.63) is 59.4 Å². The Hall–Kier alpha value is -1.94. The third-order valence-electron chi connectivity index (χ3n) is 2.69. The number of anilines is 1. The molecule has 0 amide bonds. The minimum atomic E-state index is 0.379. The van der Waals surface area contributed by atoms with E-state index in [1.165, 1.54) is 11.1 Å². The van der Waals surface area contributed by atoms with Gasteiger partial charge in [-0.1, -0.05) is 42.0 Å². The number of aromatic nitrogens is 1. The molecule has 0 saturated heterocycles. The molecule has 0 aliphatic rings. The minimum Gasteiger partial charge on any atom is -0.389 e. The summed E-state index contributed by atoms with van der Waals surface area (Å²) in [5, 5.41) is 3.30. The van der Waals surface area contributed by atoms with Crippen molar-refractivity contribution < 1.29 is 0 Å². The number of pyridine rings is 1. The van der Waals surface area contributed by atoms with Gasteiger partial charge in [0.2, 0.25) is 0 Å². The van der Waals surface area contributed by atoms with Crippen LogP contribution in [0.15, 0.2) is 42.7 Å². The number of nitrogens with two attached hydrogens (primary N) is 1. The highest BCUT2D eigenvalue weighted by atomic mass is 32.1. The zero-order valence-electron chi connectivity index (χ0n) is 10.2. The fourth-order valence-corrected chi connectivity index (χ4v) is 1.83. The van der Waals surface area contributed by atoms with Crippen LogP contribution in [0, 0.1) is 6.92 Å². The van der Waals surface area contributed by atoms with E-state index in [0.717, 1.165) is 17.8 Å². The Balaban J connectivity index is 2.10. The molecule has 1 aromatic carbocycles. The monoisotopic (exact) mass is 257 g/mol. The van der Waals surface area contributed by atoms with Crippen LogP contribution in [0.25, 0.3) is 0 Å². The predicted octanol–water partition coefficient (Wildman–Crippen LogP) is 2.64. The summed E-state index contributed by atoms with van der Waals surface area (Å²) in [6.45, 7) is 2.80. The van der Waals surface area contributed by atoms with Crippen LogP contribution in [-0.2, 0) is 6.54 Å². The lowest BCUT2D eigenvalue weighted by Gasteiger charge is -2.10. The smallest absolute Gasteiger partial charge is 0.106 e. The van der Waals surface area contributed by atoms with Gasteiger partial charge >= 0.3 is 0 Å². The molecule has 1 aromatic heterocycles. The van der Waals surface area contributed by atoms with Crippen LogP contribution < -0.4 is 11.1 Å². The van der Waals surface area contributed by atoms with Gasteiger partial charge < -0.3 is 11.1 Å². The van der Waals surface area contributed by atoms with E-state index in [1.54, 1.807) is 12.4 Å². The lowest BCUT2D eigenvalue weighted by atomic mass is 10.1. The van der Waals surface area contributed by atoms with Crippen LogP contribution >= 0.6 is 12.2 Å². The SMILES string of the molecule is Cc1ccc(CNc2cnccc2C(N)=S)cc1. The molecule has 2 aromatic rings. The van der Waals surface area contributed by atoms with Gasteiger partial charge in [0.05, 0.1) is 11.9 Å². The Kier molecular flexibility index (Phi) is 3.89. The molecule has 0 bridgehead atoms. The summed E-state index contributed by atoms with van der Waals surface area (Å²) in [7, 11) is 0. The third-order valence-corrected chi connectivity index (χ3v) is 2.91. The van der Waals surface area contributed by atoms with E-state index in [-0.39, 0.29) is 0 Å². The van der Waals surface area contributed by atoms with Crippen molar-refractivity contribution in [2.75, 3.05) is 5.32 Å². The van der Waals surface area contributed by atoms with Gasteiger partial charge in [-0.3, -0.25) is 4.98 Å². The first-order valence-electron chi connectivity index (χ1n) is 5.70. The fraction of sp³-hybridized carbons (Fsp3) is 0.143. The second-order valence-electron chi connectivity index (χ2n) is 4.12. The van der Waals surface area contributed by atoms with Crippen molar-refractivity contribution in [3.8, 4) is 0 Å². The quantitative estimate of drug-likeness (QED) is 0.827. The van der Waals surface area contributed by atoms with Crippen molar-refractivity contribution in [2.24, 2.45) is 5.73 Å². The molecule has 2 rings (SSSR count). The van der Waals surface area contributed by atoms with Crippen LogP contribution in [0.4, 0.5) is 5.69 Å². The van der Waals surface area contributed by atoms with E-state index in [4.69, 9.17) is 18.0 Å². The molecule has 0 radical (unpaired) electrons. The van der Waals surface area contributed by atoms with Gasteiger partial charge in [0.25, 0.3) is 0 Å². The average Bonchev–Trinajstić information content (AvgIpc) is 2.38. The van der Waals surface area contributed by atoms with Crippen molar-refractivity contribution >= 4 is 22.9 Å². The van der Waals surface area contributed by atoms with Crippen LogP contribution in [-0.4, -0.2) is 9.97 Å². The van der Waals surface area contributed by atoms with Gasteiger partial charge in [-0.2, -0.15) is 0 Å². The number of benzene rings is 1. The van der Waals surface area contributed by atoms with Crippen molar-refractivity contribution in [1.82, 2.24) is 4.98 Å². The summed E-state index contributed by atoms with van der Waals surface area (Å²) in [5.41, 5.74) is 9.82. The van der Waals surface area contributed by atoms with E-state index in [1.807, 2.05) is 6.07 Å². The highest BCUT2D eigenvalue weighted by molar-refractivity contribution is 7.80. The molecule has 92 valence electrons. The summed E-state index contributed by atoms with van der Waals surface area (Å²) in [5.74, 6) is 0. The fourth-order valence-electron chi connectivity index (χ4n) is 1.65. The minimum absolute atomic E-state index is 0.379. The summed E-state index contributed by atoms with van der Waals surface area (Å²) in [6, 6.07) is 10.2. The van der Waals surface area contributed by atoms with E-state index >= 15 is 0 Å². The van der Waals surface area contributed by atoms with Gasteiger partial charge in [0.15, 0.2) is 0 Å². The Morgan fingerprint density at radius 2 is 2.00 bits per heavy atom. The highest BCUT2D eigenvalue weighted by Crippen LogP contribution is 2.14. The van der Waals surface area contributed by atoms with Gasteiger partial charge in [-0.25, -0.2) is 0 Å². The summed E-state index contributed by atoms with van der Waals surface area (Å²) in [4.78, 5) is 4.45. The van der Waals surface area contributed by atoms with Crippen molar-refractivity contribution in [2.45, 2.75) is 13.5 Å². The maximum absolute atomic E-state index is 5.67. The number of thiocarbonyl (C=S) groups is 1. The Labute approximate surface area is 112 Å². The Morgan fingerprint density at radius 1 is 1.28 bits per heavy atom. The average molecular weight is 257 g/mol. The first kappa shape index (κ1) is 12.5. The molecule has 0 atom stereocenters. The first-order valence-corrected chi connectivity index (χ1v) is 6.11. The van der Waals surface area contributed by atoms with Crippen LogP contribution in [0.1, 0.15) is 16.7 Å². The molecular weight excluding hydrogens is 242 g/mol. The molecule has 3 N–H and O–H groups in total. The van der Waals surface area contributed by atoms with E-state index in [9.17, 15) is 0 Å². The van der Waals surface area contributed by atoms with Gasteiger partial charge in [-0.05, 0) is 18.6 Å². The molecule has 1 heterocycles. The first-order chi connectivity index (χ1) is 8.66. The summed E-state index contributed by atoms with van der Waals surface area (Å²) >= 11 is 5.01. The molecule has 0 saturated carbocycles. The lowest BCUT2D eigenvalue weighted by Crippen LogP contribution is -2.13. The van der Waals surface area contributed by atoms with Crippen molar-refractivity contribution in [1.29, 1.82) is 0 Å². The van der Waals surface area contributed by atoms with Crippen LogP contribution in [0.3, 0.4) is 0 Å². The zero-order chi connectivity index (χ0) is 13.0. The van der Waals surface area contributed by atoms with E-state index < -0.39 is 0 Å². The second-order valence-corrected chi connectivity index (χ2v) is 4.56. The molecule has 4 heteroatoms. The lowest BCUT2D eigenvalue weighted by molar-refractivity contribution is 1.13. The topological polar surface area (TPSA) is 50.9 Å². The van der Waals surface area contributed by atoms with E-state index in [0.29, 0.717) is 4.99 Å². The van der Waals surface area contributed by atoms with Gasteiger partial charge in [-0.15, -0.1) is 0 Å². The maximum atomic E-state index is 5.67. The standard InChI is InChI=1S/C14H15N3S/c1-10-2-4-11(5-3-10)8-17-13-9-16-7-6-12(13)14(15)18/h2-7,9,17H,8H2,1H3,(H2,15,18). The molecule has 0 unspecified atom stereocenters. The second kappa shape index (κ2) is 5.60. The summed E-state index contributed by atoms with van der Waals surface area (Å²) in [6.07, 6.45) is 3.42. The molecule has 0 aliphatic carbocycles. The molecule has 0 aliphatic heterocycles. The highest BCUT2D eigenvalue weighted by Gasteiger charge is 2.04.